The lowest BCUT2D eigenvalue weighted by Crippen LogP contribution is -2.47. The van der Waals surface area contributed by atoms with Crippen LogP contribution in [0.3, 0.4) is 0 Å². The molecule has 8 nitrogen and oxygen atoms in total. The van der Waals surface area contributed by atoms with E-state index in [0.29, 0.717) is 5.92 Å². The summed E-state index contributed by atoms with van der Waals surface area (Å²) in [6.45, 7) is 8.04. The molecule has 2 saturated carbocycles. The molecular weight excluding hydrogens is 464 g/mol. The van der Waals surface area contributed by atoms with Crippen molar-refractivity contribution in [2.75, 3.05) is 31.1 Å². The number of carbonyl (C=O) groups excluding carboxylic acids is 1. The molecule has 2 amide bonds. The Morgan fingerprint density at radius 2 is 1.97 bits per heavy atom. The summed E-state index contributed by atoms with van der Waals surface area (Å²) in [7, 11) is 0. The monoisotopic (exact) mass is 498 g/mol. The number of carbonyl (C=O) groups is 1. The molecule has 1 spiro atoms. The fraction of sp³-hybridized carbons (Fsp3) is 0.552. The normalized spacial score (nSPS) is 33.7. The van der Waals surface area contributed by atoms with Crippen LogP contribution in [0.15, 0.2) is 42.6 Å². The molecule has 2 aliphatic carbocycles. The number of amides is 2. The fourth-order valence-corrected chi connectivity index (χ4v) is 7.58. The van der Waals surface area contributed by atoms with Crippen LogP contribution in [0.25, 0.3) is 5.65 Å². The van der Waals surface area contributed by atoms with Gasteiger partial charge >= 0.3 is 6.03 Å². The minimum absolute atomic E-state index is 0.0200. The largest absolute Gasteiger partial charge is 0.377 e. The summed E-state index contributed by atoms with van der Waals surface area (Å²) in [5.74, 6) is 1.20. The van der Waals surface area contributed by atoms with Gasteiger partial charge < -0.3 is 19.9 Å². The van der Waals surface area contributed by atoms with Crippen LogP contribution in [-0.2, 0) is 10.2 Å². The van der Waals surface area contributed by atoms with E-state index in [0.717, 1.165) is 69.0 Å². The number of rotatable bonds is 4. The number of nitrogens with one attached hydrogen (secondary N) is 1. The van der Waals surface area contributed by atoms with Gasteiger partial charge in [-0.2, -0.15) is 5.10 Å². The number of pyridine rings is 1. The molecule has 5 atom stereocenters. The van der Waals surface area contributed by atoms with E-state index in [1.165, 1.54) is 11.3 Å². The van der Waals surface area contributed by atoms with Crippen LogP contribution < -0.4 is 10.2 Å². The van der Waals surface area contributed by atoms with E-state index in [4.69, 9.17) is 14.8 Å². The van der Waals surface area contributed by atoms with Gasteiger partial charge in [-0.1, -0.05) is 37.3 Å². The van der Waals surface area contributed by atoms with Crippen molar-refractivity contribution in [2.24, 2.45) is 5.92 Å². The number of aryl methyl sites for hydroxylation is 1. The minimum Gasteiger partial charge on any atom is -0.377 e. The molecule has 1 unspecified atom stereocenters. The first kappa shape index (κ1) is 21.9. The number of hydrogen-bond donors (Lipinski definition) is 1. The number of fused-ring (bicyclic) bond motifs is 3. The van der Waals surface area contributed by atoms with Crippen LogP contribution in [-0.4, -0.2) is 69.5 Å². The lowest BCUT2D eigenvalue weighted by molar-refractivity contribution is 0.0183. The van der Waals surface area contributed by atoms with Crippen molar-refractivity contribution in [3.05, 3.63) is 59.5 Å². The van der Waals surface area contributed by atoms with Crippen molar-refractivity contribution >= 4 is 17.4 Å². The van der Waals surface area contributed by atoms with E-state index in [1.807, 2.05) is 4.52 Å². The predicted octanol–water partition coefficient (Wildman–Crippen LogP) is 3.63. The Morgan fingerprint density at radius 1 is 1.14 bits per heavy atom. The maximum absolute atomic E-state index is 13.0. The molecule has 5 aliphatic rings. The first-order valence-corrected chi connectivity index (χ1v) is 13.8. The molecule has 37 heavy (non-hydrogen) atoms. The molecule has 8 rings (SSSR count). The lowest BCUT2D eigenvalue weighted by Gasteiger charge is -2.35. The first-order valence-electron chi connectivity index (χ1n) is 13.8. The molecule has 1 N–H and O–H groups in total. The quantitative estimate of drug-likeness (QED) is 0.595. The molecule has 3 aliphatic heterocycles. The van der Waals surface area contributed by atoms with E-state index in [2.05, 4.69) is 71.6 Å². The van der Waals surface area contributed by atoms with Gasteiger partial charge in [-0.25, -0.2) is 14.3 Å². The Bertz CT molecular complexity index is 1400. The van der Waals surface area contributed by atoms with Gasteiger partial charge in [-0.3, -0.25) is 0 Å². The van der Waals surface area contributed by atoms with E-state index < -0.39 is 0 Å². The standard InChI is InChI=1S/C29H34N6O2/c1-18-12-21(33-11-10-28(2,16-33)20-6-4-3-5-7-20)14-35-26(18)30-25(32-35)23-22-13-19(15-37-22)24(23)34-17-29(8-9-29)31-27(34)36/h3-7,12,14,19,22-24H,8-11,13,15-17H2,1-2H3,(H,31,36)/t19-,22+,23?,24+,28+/m1/s1. The molecule has 2 aromatic heterocycles. The number of urea groups is 1. The Kier molecular flexibility index (Phi) is 4.42. The number of benzene rings is 1. The summed E-state index contributed by atoms with van der Waals surface area (Å²) in [6.07, 6.45) is 6.51. The van der Waals surface area contributed by atoms with Gasteiger partial charge in [0.05, 0.1) is 42.1 Å². The molecule has 0 radical (unpaired) electrons. The molecule has 5 heterocycles. The van der Waals surface area contributed by atoms with Crippen LogP contribution in [0.4, 0.5) is 10.5 Å². The second kappa shape index (κ2) is 7.47. The predicted molar refractivity (Wildman–Crippen MR) is 140 cm³/mol. The van der Waals surface area contributed by atoms with E-state index in [9.17, 15) is 4.79 Å². The first-order chi connectivity index (χ1) is 17.9. The van der Waals surface area contributed by atoms with Gasteiger partial charge in [0.1, 0.15) is 0 Å². The van der Waals surface area contributed by atoms with Gasteiger partial charge in [0.15, 0.2) is 11.5 Å². The van der Waals surface area contributed by atoms with E-state index in [-0.39, 0.29) is 35.0 Å². The highest BCUT2D eigenvalue weighted by Gasteiger charge is 2.60. The summed E-state index contributed by atoms with van der Waals surface area (Å²) in [6, 6.07) is 13.3. The van der Waals surface area contributed by atoms with Crippen molar-refractivity contribution in [1.82, 2.24) is 24.8 Å². The number of aromatic nitrogens is 3. The Labute approximate surface area is 217 Å². The van der Waals surface area contributed by atoms with Crippen molar-refractivity contribution in [3.8, 4) is 0 Å². The molecule has 2 bridgehead atoms. The maximum atomic E-state index is 13.0. The van der Waals surface area contributed by atoms with E-state index in [1.54, 1.807) is 0 Å². The van der Waals surface area contributed by atoms with Crippen LogP contribution >= 0.6 is 0 Å². The molecule has 3 aromatic rings. The summed E-state index contributed by atoms with van der Waals surface area (Å²) in [5.41, 5.74) is 4.78. The topological polar surface area (TPSA) is 75.0 Å². The third-order valence-electron chi connectivity index (χ3n) is 9.86. The summed E-state index contributed by atoms with van der Waals surface area (Å²) < 4.78 is 8.12. The smallest absolute Gasteiger partial charge is 0.318 e. The number of anilines is 1. The Morgan fingerprint density at radius 3 is 2.76 bits per heavy atom. The number of hydrogen-bond acceptors (Lipinski definition) is 5. The van der Waals surface area contributed by atoms with Crippen LogP contribution in [0, 0.1) is 12.8 Å². The van der Waals surface area contributed by atoms with Gasteiger partial charge in [0, 0.05) is 31.0 Å². The van der Waals surface area contributed by atoms with Crippen molar-refractivity contribution in [3.63, 3.8) is 0 Å². The van der Waals surface area contributed by atoms with Crippen molar-refractivity contribution in [1.29, 1.82) is 0 Å². The van der Waals surface area contributed by atoms with E-state index >= 15 is 0 Å². The van der Waals surface area contributed by atoms with Crippen LogP contribution in [0.1, 0.15) is 55.5 Å². The van der Waals surface area contributed by atoms with Crippen LogP contribution in [0.5, 0.6) is 0 Å². The molecule has 5 fully saturated rings. The summed E-state index contributed by atoms with van der Waals surface area (Å²) in [5, 5.41) is 8.29. The Balaban J connectivity index is 1.11. The number of nitrogens with zero attached hydrogens (tertiary/aromatic N) is 5. The molecular formula is C29H34N6O2. The second-order valence-corrected chi connectivity index (χ2v) is 12.4. The highest BCUT2D eigenvalue weighted by molar-refractivity contribution is 5.79. The Hall–Kier alpha value is -3.13. The lowest BCUT2D eigenvalue weighted by atomic mass is 9.82. The average molecular weight is 499 g/mol. The second-order valence-electron chi connectivity index (χ2n) is 12.4. The zero-order chi connectivity index (χ0) is 24.9. The highest BCUT2D eigenvalue weighted by Crippen LogP contribution is 2.50. The molecule has 3 saturated heterocycles. The zero-order valence-electron chi connectivity index (χ0n) is 21.6. The molecule has 1 aromatic carbocycles. The molecule has 8 heteroatoms. The van der Waals surface area contributed by atoms with Crippen molar-refractivity contribution < 1.29 is 9.53 Å². The third kappa shape index (κ3) is 3.27. The third-order valence-corrected chi connectivity index (χ3v) is 9.86. The van der Waals surface area contributed by atoms with Gasteiger partial charge in [0.25, 0.3) is 0 Å². The SMILES string of the molecule is Cc1cc(N2CC[C@](C)(c3ccccc3)C2)cn2nc(C3[C@@H]4C[C@H](CO4)[C@@H]3N3CC4(CC4)NC3=O)nc12. The van der Waals surface area contributed by atoms with Crippen molar-refractivity contribution in [2.45, 2.75) is 68.5 Å². The minimum atomic E-state index is 0.0200. The van der Waals surface area contributed by atoms with Gasteiger partial charge in [-0.15, -0.1) is 0 Å². The maximum Gasteiger partial charge on any atom is 0.318 e. The van der Waals surface area contributed by atoms with Gasteiger partial charge in [0.2, 0.25) is 0 Å². The molecule has 192 valence electrons. The number of ether oxygens (including phenoxy) is 1. The average Bonchev–Trinajstić information content (AvgIpc) is 3.43. The zero-order valence-corrected chi connectivity index (χ0v) is 21.6. The van der Waals surface area contributed by atoms with Crippen LogP contribution in [0.2, 0.25) is 0 Å². The summed E-state index contributed by atoms with van der Waals surface area (Å²) in [4.78, 5) is 22.6. The highest BCUT2D eigenvalue weighted by atomic mass is 16.5. The summed E-state index contributed by atoms with van der Waals surface area (Å²) >= 11 is 0. The van der Waals surface area contributed by atoms with Gasteiger partial charge in [-0.05, 0) is 49.8 Å². The fourth-order valence-electron chi connectivity index (χ4n) is 7.58.